The fourth-order valence-corrected chi connectivity index (χ4v) is 2.45. The molecule has 11 heteroatoms. The Kier molecular flexibility index (Phi) is 5.87. The van der Waals surface area contributed by atoms with Crippen molar-refractivity contribution in [2.24, 2.45) is 5.11 Å². The van der Waals surface area contributed by atoms with Crippen LogP contribution < -0.4 is 16.2 Å². The van der Waals surface area contributed by atoms with Gasteiger partial charge in [0.05, 0.1) is 19.8 Å². The van der Waals surface area contributed by atoms with Gasteiger partial charge in [-0.3, -0.25) is 4.57 Å². The van der Waals surface area contributed by atoms with Gasteiger partial charge in [-0.25, -0.2) is 4.79 Å². The maximum absolute atomic E-state index is 12.3. The highest BCUT2D eigenvalue weighted by Crippen LogP contribution is 2.18. The number of rotatable bonds is 9. The molecule has 3 aromatic rings. The first-order valence-corrected chi connectivity index (χ1v) is 8.20. The topological polar surface area (TPSA) is 157 Å². The van der Waals surface area contributed by atoms with Crippen molar-refractivity contribution in [3.63, 3.8) is 0 Å². The molecule has 3 rings (SSSR count). The minimum atomic E-state index is -0.326. The summed E-state index contributed by atoms with van der Waals surface area (Å²) in [7, 11) is 0. The van der Waals surface area contributed by atoms with Crippen molar-refractivity contribution in [3.05, 3.63) is 56.8 Å². The zero-order valence-corrected chi connectivity index (χ0v) is 14.4. The first-order chi connectivity index (χ1) is 13.2. The number of nitrogens with one attached hydrogen (secondary N) is 1. The number of nitrogen functional groups attached to an aromatic ring is 1. The van der Waals surface area contributed by atoms with Crippen LogP contribution in [-0.4, -0.2) is 45.9 Å². The van der Waals surface area contributed by atoms with Gasteiger partial charge < -0.3 is 20.2 Å². The normalized spacial score (nSPS) is 10.7. The number of azide groups is 1. The molecular weight excluding hydrogens is 352 g/mol. The molecule has 1 aromatic carbocycles. The monoisotopic (exact) mass is 370 g/mol. The van der Waals surface area contributed by atoms with Crippen LogP contribution in [0, 0.1) is 0 Å². The van der Waals surface area contributed by atoms with E-state index in [1.807, 2.05) is 30.3 Å². The largest absolute Gasteiger partial charge is 0.461 e. The number of aromatic nitrogens is 4. The molecule has 0 saturated carbocycles. The summed E-state index contributed by atoms with van der Waals surface area (Å²) in [6.07, 6.45) is 0. The number of anilines is 1. The molecule has 0 atom stereocenters. The molecule has 3 N–H and O–H groups in total. The van der Waals surface area contributed by atoms with E-state index in [-0.39, 0.29) is 37.3 Å². The summed E-state index contributed by atoms with van der Waals surface area (Å²) in [6.45, 7) is 1.35. The third-order valence-corrected chi connectivity index (χ3v) is 3.67. The molecule has 0 fully saturated rings. The van der Waals surface area contributed by atoms with E-state index in [1.54, 1.807) is 0 Å². The molecule has 27 heavy (non-hydrogen) atoms. The second-order valence-corrected chi connectivity index (χ2v) is 5.51. The van der Waals surface area contributed by atoms with Crippen molar-refractivity contribution < 1.29 is 9.47 Å². The summed E-state index contributed by atoms with van der Waals surface area (Å²) in [5.74, 6) is 0.128. The van der Waals surface area contributed by atoms with Gasteiger partial charge in [0.2, 0.25) is 0 Å². The van der Waals surface area contributed by atoms with E-state index < -0.39 is 0 Å². The van der Waals surface area contributed by atoms with Crippen molar-refractivity contribution >= 4 is 17.0 Å². The third kappa shape index (κ3) is 4.54. The van der Waals surface area contributed by atoms with E-state index in [1.165, 1.54) is 4.57 Å². The van der Waals surface area contributed by atoms with Gasteiger partial charge in [-0.15, -0.1) is 0 Å². The van der Waals surface area contributed by atoms with Crippen molar-refractivity contribution in [3.8, 4) is 6.01 Å². The number of ether oxygens (including phenoxy) is 2. The Morgan fingerprint density at radius 2 is 2.04 bits per heavy atom. The fraction of sp³-hybridized carbons (Fsp3) is 0.312. The maximum atomic E-state index is 12.3. The Morgan fingerprint density at radius 3 is 2.81 bits per heavy atom. The predicted octanol–water partition coefficient (Wildman–Crippen LogP) is 1.46. The average molecular weight is 370 g/mol. The van der Waals surface area contributed by atoms with Crippen LogP contribution in [0.25, 0.3) is 21.6 Å². The molecule has 0 bridgehead atoms. The second-order valence-electron chi connectivity index (χ2n) is 5.51. The summed E-state index contributed by atoms with van der Waals surface area (Å²) in [5, 5.41) is 3.36. The number of H-pyrrole nitrogens is 1. The first kappa shape index (κ1) is 18.2. The number of aromatic amines is 1. The van der Waals surface area contributed by atoms with Gasteiger partial charge in [-0.2, -0.15) is 9.97 Å². The number of nitrogens with two attached hydrogens (primary N) is 1. The molecule has 0 spiro atoms. The standard InChI is InChI=1S/C16H18N8O3/c17-13-12-14(22-15(21-13)27-9-8-26-7-6-19-23-18)24(16(25)20-12)10-11-4-2-1-3-5-11/h1-5H,6-10H2,(H,20,25)(H2,17,21,22). The van der Waals surface area contributed by atoms with Crippen LogP contribution in [0.5, 0.6) is 6.01 Å². The molecule has 0 aliphatic heterocycles. The lowest BCUT2D eigenvalue weighted by atomic mass is 10.2. The smallest absolute Gasteiger partial charge is 0.328 e. The van der Waals surface area contributed by atoms with E-state index in [2.05, 4.69) is 25.0 Å². The van der Waals surface area contributed by atoms with E-state index >= 15 is 0 Å². The van der Waals surface area contributed by atoms with Crippen LogP contribution >= 0.6 is 0 Å². The summed E-state index contributed by atoms with van der Waals surface area (Å²) in [4.78, 5) is 25.9. The van der Waals surface area contributed by atoms with Crippen molar-refractivity contribution in [2.75, 3.05) is 32.1 Å². The molecule has 140 valence electrons. The van der Waals surface area contributed by atoms with Gasteiger partial charge in [0.1, 0.15) is 12.1 Å². The SMILES string of the molecule is [N-]=[N+]=NCCOCCOc1nc(N)c2[nH]c(=O)n(Cc3ccccc3)c2n1. The van der Waals surface area contributed by atoms with Gasteiger partial charge in [0.15, 0.2) is 11.5 Å². The molecule has 2 aromatic heterocycles. The van der Waals surface area contributed by atoms with Gasteiger partial charge >= 0.3 is 11.7 Å². The highest BCUT2D eigenvalue weighted by Gasteiger charge is 2.14. The number of fused-ring (bicyclic) bond motifs is 1. The van der Waals surface area contributed by atoms with Crippen LogP contribution in [0.15, 0.2) is 40.2 Å². The lowest BCUT2D eigenvalue weighted by molar-refractivity contribution is 0.102. The Morgan fingerprint density at radius 1 is 1.22 bits per heavy atom. The number of benzene rings is 1. The van der Waals surface area contributed by atoms with Crippen LogP contribution in [0.4, 0.5) is 5.82 Å². The number of hydrogen-bond donors (Lipinski definition) is 2. The minimum Gasteiger partial charge on any atom is -0.461 e. The lowest BCUT2D eigenvalue weighted by Crippen LogP contribution is -2.18. The molecule has 0 saturated heterocycles. The molecule has 2 heterocycles. The Balaban J connectivity index is 1.73. The quantitative estimate of drug-likeness (QED) is 0.251. The predicted molar refractivity (Wildman–Crippen MR) is 98.4 cm³/mol. The molecule has 0 radical (unpaired) electrons. The van der Waals surface area contributed by atoms with Crippen molar-refractivity contribution in [1.29, 1.82) is 0 Å². The van der Waals surface area contributed by atoms with Crippen LogP contribution in [0.2, 0.25) is 0 Å². The maximum Gasteiger partial charge on any atom is 0.328 e. The molecule has 0 unspecified atom stereocenters. The van der Waals surface area contributed by atoms with Gasteiger partial charge in [0.25, 0.3) is 0 Å². The Bertz CT molecular complexity index is 1010. The Labute approximate surface area is 153 Å². The van der Waals surface area contributed by atoms with Gasteiger partial charge in [0, 0.05) is 11.5 Å². The van der Waals surface area contributed by atoms with Crippen LogP contribution in [0.1, 0.15) is 5.56 Å². The van der Waals surface area contributed by atoms with E-state index in [4.69, 9.17) is 20.7 Å². The van der Waals surface area contributed by atoms with Crippen molar-refractivity contribution in [2.45, 2.75) is 6.54 Å². The number of hydrogen-bond acceptors (Lipinski definition) is 7. The second kappa shape index (κ2) is 8.70. The van der Waals surface area contributed by atoms with Crippen molar-refractivity contribution in [1.82, 2.24) is 19.5 Å². The zero-order chi connectivity index (χ0) is 19.1. The summed E-state index contributed by atoms with van der Waals surface area (Å²) >= 11 is 0. The third-order valence-electron chi connectivity index (χ3n) is 3.67. The number of nitrogens with zero attached hydrogens (tertiary/aromatic N) is 6. The fourth-order valence-electron chi connectivity index (χ4n) is 2.45. The average Bonchev–Trinajstić information content (AvgIpc) is 2.98. The van der Waals surface area contributed by atoms with E-state index in [0.717, 1.165) is 5.56 Å². The van der Waals surface area contributed by atoms with Gasteiger partial charge in [-0.1, -0.05) is 35.4 Å². The first-order valence-electron chi connectivity index (χ1n) is 8.20. The zero-order valence-electron chi connectivity index (χ0n) is 14.4. The molecular formula is C16H18N8O3. The van der Waals surface area contributed by atoms with Gasteiger partial charge in [-0.05, 0) is 11.1 Å². The van der Waals surface area contributed by atoms with E-state index in [9.17, 15) is 4.79 Å². The van der Waals surface area contributed by atoms with E-state index in [0.29, 0.717) is 24.3 Å². The van der Waals surface area contributed by atoms with Crippen LogP contribution in [-0.2, 0) is 11.3 Å². The molecule has 0 aliphatic carbocycles. The van der Waals surface area contributed by atoms with Crippen LogP contribution in [0.3, 0.4) is 0 Å². The molecule has 11 nitrogen and oxygen atoms in total. The highest BCUT2D eigenvalue weighted by molar-refractivity contribution is 5.81. The highest BCUT2D eigenvalue weighted by atomic mass is 16.5. The minimum absolute atomic E-state index is 0.0551. The number of imidazole rings is 1. The molecule has 0 amide bonds. The lowest BCUT2D eigenvalue weighted by Gasteiger charge is -2.07. The Hall–Kier alpha value is -3.56. The summed E-state index contributed by atoms with van der Waals surface area (Å²) in [6, 6.07) is 9.59. The summed E-state index contributed by atoms with van der Waals surface area (Å²) in [5.41, 5.74) is 15.5. The summed E-state index contributed by atoms with van der Waals surface area (Å²) < 4.78 is 12.2. The molecule has 0 aliphatic rings.